The third-order valence-electron chi connectivity index (χ3n) is 3.81. The topological polar surface area (TPSA) is 60.8 Å². The summed E-state index contributed by atoms with van der Waals surface area (Å²) in [5, 5.41) is 18.7. The summed E-state index contributed by atoms with van der Waals surface area (Å²) in [4.78, 5) is 13.5. The Balaban J connectivity index is 2.15. The van der Waals surface area contributed by atoms with Gasteiger partial charge in [0.15, 0.2) is 0 Å². The first-order valence-electron chi connectivity index (χ1n) is 6.29. The molecule has 1 unspecified atom stereocenters. The second-order valence-electron chi connectivity index (χ2n) is 5.12. The molecule has 1 fully saturated rings. The van der Waals surface area contributed by atoms with Crippen molar-refractivity contribution in [3.8, 4) is 5.75 Å². The third-order valence-corrected chi connectivity index (χ3v) is 3.81. The number of carboxylic acids is 1. The Hall–Kier alpha value is -1.55. The van der Waals surface area contributed by atoms with E-state index in [-0.39, 0.29) is 5.75 Å². The van der Waals surface area contributed by atoms with Gasteiger partial charge in [-0.05, 0) is 50.4 Å². The van der Waals surface area contributed by atoms with E-state index >= 15 is 0 Å². The van der Waals surface area contributed by atoms with Crippen molar-refractivity contribution < 1.29 is 15.0 Å². The number of piperidine rings is 1. The first kappa shape index (κ1) is 12.9. The van der Waals surface area contributed by atoms with Crippen molar-refractivity contribution in [3.63, 3.8) is 0 Å². The van der Waals surface area contributed by atoms with E-state index < -0.39 is 11.5 Å². The Morgan fingerprint density at radius 3 is 2.61 bits per heavy atom. The zero-order chi connectivity index (χ0) is 13.2. The second-order valence-corrected chi connectivity index (χ2v) is 5.12. The SMILES string of the molecule is CC1(C(=O)O)CCCCN1Cc1ccc(O)cc1. The van der Waals surface area contributed by atoms with E-state index in [4.69, 9.17) is 0 Å². The number of carbonyl (C=O) groups is 1. The van der Waals surface area contributed by atoms with Crippen LogP contribution in [0.5, 0.6) is 5.75 Å². The Labute approximate surface area is 107 Å². The van der Waals surface area contributed by atoms with Gasteiger partial charge >= 0.3 is 5.97 Å². The molecule has 1 saturated heterocycles. The van der Waals surface area contributed by atoms with Crippen LogP contribution in [0, 0.1) is 0 Å². The largest absolute Gasteiger partial charge is 0.508 e. The molecule has 1 aliphatic heterocycles. The van der Waals surface area contributed by atoms with Gasteiger partial charge < -0.3 is 10.2 Å². The predicted octanol–water partition coefficient (Wildman–Crippen LogP) is 2.22. The van der Waals surface area contributed by atoms with E-state index in [1.54, 1.807) is 19.1 Å². The highest BCUT2D eigenvalue weighted by Crippen LogP contribution is 2.29. The fraction of sp³-hybridized carbons (Fsp3) is 0.500. The number of aliphatic carboxylic acids is 1. The fourth-order valence-corrected chi connectivity index (χ4v) is 2.49. The number of aromatic hydroxyl groups is 1. The minimum Gasteiger partial charge on any atom is -0.508 e. The van der Waals surface area contributed by atoms with Gasteiger partial charge in [0, 0.05) is 6.54 Å². The van der Waals surface area contributed by atoms with E-state index in [2.05, 4.69) is 0 Å². The van der Waals surface area contributed by atoms with Gasteiger partial charge in [0.05, 0.1) is 0 Å². The van der Waals surface area contributed by atoms with Crippen LogP contribution >= 0.6 is 0 Å². The Morgan fingerprint density at radius 1 is 1.33 bits per heavy atom. The van der Waals surface area contributed by atoms with Gasteiger partial charge in [-0.2, -0.15) is 0 Å². The minimum absolute atomic E-state index is 0.235. The number of phenolic OH excluding ortho intramolecular Hbond substituents is 1. The van der Waals surface area contributed by atoms with Gasteiger partial charge in [-0.3, -0.25) is 9.69 Å². The molecule has 2 N–H and O–H groups in total. The molecule has 1 heterocycles. The number of hydrogen-bond acceptors (Lipinski definition) is 3. The van der Waals surface area contributed by atoms with Crippen molar-refractivity contribution in [1.82, 2.24) is 4.90 Å². The molecule has 0 amide bonds. The van der Waals surface area contributed by atoms with Crippen LogP contribution in [0.15, 0.2) is 24.3 Å². The summed E-state index contributed by atoms with van der Waals surface area (Å²) in [7, 11) is 0. The zero-order valence-corrected chi connectivity index (χ0v) is 10.6. The molecular weight excluding hydrogens is 230 g/mol. The molecule has 98 valence electrons. The number of benzene rings is 1. The quantitative estimate of drug-likeness (QED) is 0.862. The van der Waals surface area contributed by atoms with Crippen molar-refractivity contribution >= 4 is 5.97 Å². The normalized spacial score (nSPS) is 24.9. The standard InChI is InChI=1S/C14H19NO3/c1-14(13(17)18)8-2-3-9-15(14)10-11-4-6-12(16)7-5-11/h4-7,16H,2-3,8-10H2,1H3,(H,17,18). The van der Waals surface area contributed by atoms with Crippen LogP contribution in [-0.2, 0) is 11.3 Å². The van der Waals surface area contributed by atoms with Gasteiger partial charge in [-0.15, -0.1) is 0 Å². The highest BCUT2D eigenvalue weighted by molar-refractivity contribution is 5.78. The average molecular weight is 249 g/mol. The van der Waals surface area contributed by atoms with Gasteiger partial charge in [0.1, 0.15) is 11.3 Å². The molecule has 0 saturated carbocycles. The van der Waals surface area contributed by atoms with E-state index in [0.717, 1.165) is 24.9 Å². The van der Waals surface area contributed by atoms with E-state index in [1.807, 2.05) is 17.0 Å². The molecular formula is C14H19NO3. The summed E-state index contributed by atoms with van der Waals surface area (Å²) in [6.45, 7) is 3.22. The van der Waals surface area contributed by atoms with Crippen molar-refractivity contribution in [1.29, 1.82) is 0 Å². The van der Waals surface area contributed by atoms with Crippen LogP contribution in [0.3, 0.4) is 0 Å². The lowest BCUT2D eigenvalue weighted by Crippen LogP contribution is -2.54. The van der Waals surface area contributed by atoms with Crippen LogP contribution in [0.1, 0.15) is 31.7 Å². The van der Waals surface area contributed by atoms with E-state index in [1.165, 1.54) is 0 Å². The van der Waals surface area contributed by atoms with Crippen LogP contribution < -0.4 is 0 Å². The Bertz CT molecular complexity index is 429. The van der Waals surface area contributed by atoms with Crippen molar-refractivity contribution in [3.05, 3.63) is 29.8 Å². The summed E-state index contributed by atoms with van der Waals surface area (Å²) < 4.78 is 0. The average Bonchev–Trinajstić information content (AvgIpc) is 2.35. The van der Waals surface area contributed by atoms with Crippen LogP contribution in [0.4, 0.5) is 0 Å². The number of nitrogens with zero attached hydrogens (tertiary/aromatic N) is 1. The van der Waals surface area contributed by atoms with Crippen LogP contribution in [-0.4, -0.2) is 33.2 Å². The first-order valence-corrected chi connectivity index (χ1v) is 6.29. The fourth-order valence-electron chi connectivity index (χ4n) is 2.49. The summed E-state index contributed by atoms with van der Waals surface area (Å²) in [5.74, 6) is -0.514. The lowest BCUT2D eigenvalue weighted by molar-refractivity contribution is -0.153. The number of rotatable bonds is 3. The molecule has 0 radical (unpaired) electrons. The number of carboxylic acid groups (broad SMARTS) is 1. The molecule has 1 aliphatic rings. The second kappa shape index (κ2) is 4.98. The molecule has 4 heteroatoms. The Morgan fingerprint density at radius 2 is 2.00 bits per heavy atom. The maximum atomic E-state index is 11.4. The summed E-state index contributed by atoms with van der Waals surface area (Å²) in [6.07, 6.45) is 2.70. The minimum atomic E-state index is -0.768. The number of phenols is 1. The molecule has 2 rings (SSSR count). The van der Waals surface area contributed by atoms with Gasteiger partial charge in [-0.1, -0.05) is 12.1 Å². The smallest absolute Gasteiger partial charge is 0.323 e. The summed E-state index contributed by atoms with van der Waals surface area (Å²) in [5.41, 5.74) is 0.262. The van der Waals surface area contributed by atoms with E-state index in [0.29, 0.717) is 13.0 Å². The van der Waals surface area contributed by atoms with Crippen molar-refractivity contribution in [2.75, 3.05) is 6.54 Å². The number of likely N-dealkylation sites (tertiary alicyclic amines) is 1. The maximum Gasteiger partial charge on any atom is 0.323 e. The number of hydrogen-bond donors (Lipinski definition) is 2. The van der Waals surface area contributed by atoms with Crippen molar-refractivity contribution in [2.45, 2.75) is 38.3 Å². The first-order chi connectivity index (χ1) is 8.52. The lowest BCUT2D eigenvalue weighted by Gasteiger charge is -2.41. The lowest BCUT2D eigenvalue weighted by atomic mass is 9.88. The van der Waals surface area contributed by atoms with Crippen molar-refractivity contribution in [2.24, 2.45) is 0 Å². The predicted molar refractivity (Wildman–Crippen MR) is 68.4 cm³/mol. The van der Waals surface area contributed by atoms with Crippen LogP contribution in [0.2, 0.25) is 0 Å². The molecule has 1 atom stereocenters. The molecule has 0 aromatic heterocycles. The van der Waals surface area contributed by atoms with Gasteiger partial charge in [-0.25, -0.2) is 0 Å². The van der Waals surface area contributed by atoms with Gasteiger partial charge in [0.25, 0.3) is 0 Å². The molecule has 1 aromatic carbocycles. The monoisotopic (exact) mass is 249 g/mol. The summed E-state index contributed by atoms with van der Waals surface area (Å²) >= 11 is 0. The molecule has 1 aromatic rings. The molecule has 4 nitrogen and oxygen atoms in total. The molecule has 18 heavy (non-hydrogen) atoms. The highest BCUT2D eigenvalue weighted by atomic mass is 16.4. The third kappa shape index (κ3) is 2.48. The summed E-state index contributed by atoms with van der Waals surface area (Å²) in [6, 6.07) is 6.95. The highest BCUT2D eigenvalue weighted by Gasteiger charge is 2.40. The van der Waals surface area contributed by atoms with E-state index in [9.17, 15) is 15.0 Å². The van der Waals surface area contributed by atoms with Gasteiger partial charge in [0.2, 0.25) is 0 Å². The maximum absolute atomic E-state index is 11.4. The zero-order valence-electron chi connectivity index (χ0n) is 10.6. The van der Waals surface area contributed by atoms with Crippen LogP contribution in [0.25, 0.3) is 0 Å². The molecule has 0 bridgehead atoms. The molecule has 0 aliphatic carbocycles. The molecule has 0 spiro atoms. The Kier molecular flexibility index (Phi) is 3.57.